The molecular formula is C13H21NO2S. The van der Waals surface area contributed by atoms with Gasteiger partial charge in [-0.25, -0.2) is 0 Å². The zero-order valence-corrected chi connectivity index (χ0v) is 11.3. The van der Waals surface area contributed by atoms with E-state index in [-0.39, 0.29) is 6.54 Å². The minimum Gasteiger partial charge on any atom is -0.481 e. The third-order valence-corrected chi connectivity index (χ3v) is 4.38. The van der Waals surface area contributed by atoms with Crippen LogP contribution in [0.1, 0.15) is 36.4 Å². The van der Waals surface area contributed by atoms with E-state index in [0.29, 0.717) is 12.8 Å². The van der Waals surface area contributed by atoms with Gasteiger partial charge in [-0.05, 0) is 31.4 Å². The zero-order chi connectivity index (χ0) is 12.9. The number of nitrogens with two attached hydrogens (primary N) is 1. The largest absolute Gasteiger partial charge is 0.481 e. The summed E-state index contributed by atoms with van der Waals surface area (Å²) in [5.74, 6) is -0.770. The normalized spacial score (nSPS) is 14.5. The molecule has 3 nitrogen and oxygen atoms in total. The molecule has 0 aliphatic rings. The van der Waals surface area contributed by atoms with Crippen molar-refractivity contribution >= 4 is 17.3 Å². The van der Waals surface area contributed by atoms with Crippen LogP contribution < -0.4 is 5.73 Å². The molecule has 1 atom stereocenters. The zero-order valence-electron chi connectivity index (χ0n) is 10.5. The maximum atomic E-state index is 11.4. The number of hydrogen-bond acceptors (Lipinski definition) is 3. The average molecular weight is 255 g/mol. The van der Waals surface area contributed by atoms with Crippen LogP contribution in [0.5, 0.6) is 0 Å². The smallest absolute Gasteiger partial charge is 0.311 e. The van der Waals surface area contributed by atoms with E-state index < -0.39 is 11.4 Å². The first kappa shape index (κ1) is 14.2. The highest BCUT2D eigenvalue weighted by Gasteiger charge is 2.36. The Bertz CT molecular complexity index is 375. The van der Waals surface area contributed by atoms with Crippen LogP contribution in [-0.4, -0.2) is 17.6 Å². The number of rotatable bonds is 7. The van der Waals surface area contributed by atoms with E-state index in [1.807, 2.05) is 13.0 Å². The maximum Gasteiger partial charge on any atom is 0.311 e. The Balaban J connectivity index is 2.88. The lowest BCUT2D eigenvalue weighted by molar-refractivity contribution is -0.148. The molecule has 0 amide bonds. The van der Waals surface area contributed by atoms with Crippen LogP contribution in [0.2, 0.25) is 0 Å². The molecule has 0 saturated heterocycles. The second kappa shape index (κ2) is 6.17. The SMILES string of the molecule is CCCC(CN)(Cc1ccc(CC)s1)C(=O)O. The second-order valence-electron chi connectivity index (χ2n) is 4.44. The molecule has 4 heteroatoms. The third-order valence-electron chi connectivity index (χ3n) is 3.15. The van der Waals surface area contributed by atoms with Crippen molar-refractivity contribution in [1.29, 1.82) is 0 Å². The van der Waals surface area contributed by atoms with Gasteiger partial charge in [-0.15, -0.1) is 11.3 Å². The Hall–Kier alpha value is -0.870. The van der Waals surface area contributed by atoms with Crippen molar-refractivity contribution < 1.29 is 9.90 Å². The van der Waals surface area contributed by atoms with E-state index in [2.05, 4.69) is 13.0 Å². The molecule has 0 saturated carbocycles. The highest BCUT2D eigenvalue weighted by molar-refractivity contribution is 7.12. The standard InChI is InChI=1S/C13H21NO2S/c1-3-7-13(9-14,12(15)16)8-11-6-5-10(4-2)17-11/h5-6H,3-4,7-9,14H2,1-2H3,(H,15,16). The molecule has 17 heavy (non-hydrogen) atoms. The van der Waals surface area contributed by atoms with Crippen LogP contribution >= 0.6 is 11.3 Å². The van der Waals surface area contributed by atoms with Gasteiger partial charge in [-0.2, -0.15) is 0 Å². The summed E-state index contributed by atoms with van der Waals surface area (Å²) in [5.41, 5.74) is 4.92. The van der Waals surface area contributed by atoms with Crippen molar-refractivity contribution in [3.8, 4) is 0 Å². The minimum atomic E-state index is -0.787. The Kier molecular flexibility index (Phi) is 5.15. The van der Waals surface area contributed by atoms with Crippen molar-refractivity contribution in [2.45, 2.75) is 39.5 Å². The van der Waals surface area contributed by atoms with E-state index in [4.69, 9.17) is 5.73 Å². The van der Waals surface area contributed by atoms with Crippen molar-refractivity contribution in [2.75, 3.05) is 6.54 Å². The van der Waals surface area contributed by atoms with Gasteiger partial charge in [0.2, 0.25) is 0 Å². The number of carboxylic acid groups (broad SMARTS) is 1. The van der Waals surface area contributed by atoms with Gasteiger partial charge >= 0.3 is 5.97 Å². The Labute approximate surface area is 107 Å². The highest BCUT2D eigenvalue weighted by Crippen LogP contribution is 2.31. The van der Waals surface area contributed by atoms with Crippen molar-refractivity contribution in [2.24, 2.45) is 11.1 Å². The molecule has 0 bridgehead atoms. The number of aliphatic carboxylic acids is 1. The van der Waals surface area contributed by atoms with Crippen molar-refractivity contribution in [3.05, 3.63) is 21.9 Å². The lowest BCUT2D eigenvalue weighted by atomic mass is 9.80. The van der Waals surface area contributed by atoms with Gasteiger partial charge in [0.05, 0.1) is 5.41 Å². The molecule has 0 aliphatic carbocycles. The fourth-order valence-corrected chi connectivity index (χ4v) is 3.15. The van der Waals surface area contributed by atoms with Gasteiger partial charge in [-0.1, -0.05) is 20.3 Å². The quantitative estimate of drug-likeness (QED) is 0.787. The number of aryl methyl sites for hydroxylation is 1. The van der Waals surface area contributed by atoms with E-state index >= 15 is 0 Å². The molecule has 1 aromatic rings. The molecule has 0 spiro atoms. The van der Waals surface area contributed by atoms with Crippen molar-refractivity contribution in [3.63, 3.8) is 0 Å². The molecule has 1 rings (SSSR count). The second-order valence-corrected chi connectivity index (χ2v) is 5.69. The van der Waals surface area contributed by atoms with Crippen LogP contribution in [0.15, 0.2) is 12.1 Å². The van der Waals surface area contributed by atoms with Gasteiger partial charge < -0.3 is 10.8 Å². The molecule has 0 fully saturated rings. The van der Waals surface area contributed by atoms with E-state index in [0.717, 1.165) is 17.7 Å². The minimum absolute atomic E-state index is 0.204. The predicted octanol–water partition coefficient (Wildman–Crippen LogP) is 2.68. The average Bonchev–Trinajstić information content (AvgIpc) is 2.75. The van der Waals surface area contributed by atoms with E-state index in [1.165, 1.54) is 4.88 Å². The highest BCUT2D eigenvalue weighted by atomic mass is 32.1. The van der Waals surface area contributed by atoms with Crippen molar-refractivity contribution in [1.82, 2.24) is 0 Å². The van der Waals surface area contributed by atoms with Crippen LogP contribution in [0, 0.1) is 5.41 Å². The summed E-state index contributed by atoms with van der Waals surface area (Å²) in [6.45, 7) is 4.31. The molecule has 0 aliphatic heterocycles. The third kappa shape index (κ3) is 3.30. The first-order valence-corrected chi connectivity index (χ1v) is 6.90. The predicted molar refractivity (Wildman–Crippen MR) is 71.4 cm³/mol. The van der Waals surface area contributed by atoms with Crippen LogP contribution in [0.3, 0.4) is 0 Å². The topological polar surface area (TPSA) is 63.3 Å². The van der Waals surface area contributed by atoms with Crippen LogP contribution in [0.4, 0.5) is 0 Å². The van der Waals surface area contributed by atoms with Gasteiger partial charge in [-0.3, -0.25) is 4.79 Å². The van der Waals surface area contributed by atoms with Gasteiger partial charge in [0.1, 0.15) is 0 Å². The summed E-state index contributed by atoms with van der Waals surface area (Å²) in [5, 5.41) is 9.40. The number of carboxylic acids is 1. The van der Waals surface area contributed by atoms with Crippen LogP contribution in [-0.2, 0) is 17.6 Å². The molecule has 1 aromatic heterocycles. The summed E-state index contributed by atoms with van der Waals surface area (Å²) in [7, 11) is 0. The lowest BCUT2D eigenvalue weighted by Crippen LogP contribution is -2.40. The molecule has 96 valence electrons. The molecule has 1 unspecified atom stereocenters. The summed E-state index contributed by atoms with van der Waals surface area (Å²) in [6.07, 6.45) is 3.03. The first-order chi connectivity index (χ1) is 8.07. The Morgan fingerprint density at radius 3 is 2.47 bits per heavy atom. The number of thiophene rings is 1. The summed E-state index contributed by atoms with van der Waals surface area (Å²) in [6, 6.07) is 4.11. The van der Waals surface area contributed by atoms with Crippen LogP contribution in [0.25, 0.3) is 0 Å². The molecule has 0 radical (unpaired) electrons. The fourth-order valence-electron chi connectivity index (χ4n) is 2.05. The lowest BCUT2D eigenvalue weighted by Gasteiger charge is -2.26. The molecule has 0 aromatic carbocycles. The summed E-state index contributed by atoms with van der Waals surface area (Å²) in [4.78, 5) is 13.9. The maximum absolute atomic E-state index is 11.4. The number of carbonyl (C=O) groups is 1. The summed E-state index contributed by atoms with van der Waals surface area (Å²) < 4.78 is 0. The van der Waals surface area contributed by atoms with Gasteiger partial charge in [0.15, 0.2) is 0 Å². The monoisotopic (exact) mass is 255 g/mol. The van der Waals surface area contributed by atoms with Gasteiger partial charge in [0.25, 0.3) is 0 Å². The molecule has 3 N–H and O–H groups in total. The molecular weight excluding hydrogens is 234 g/mol. The first-order valence-electron chi connectivity index (χ1n) is 6.09. The van der Waals surface area contributed by atoms with E-state index in [9.17, 15) is 9.90 Å². The summed E-state index contributed by atoms with van der Waals surface area (Å²) >= 11 is 1.70. The fraction of sp³-hybridized carbons (Fsp3) is 0.615. The molecule has 1 heterocycles. The van der Waals surface area contributed by atoms with E-state index in [1.54, 1.807) is 11.3 Å². The Morgan fingerprint density at radius 1 is 1.41 bits per heavy atom. The Morgan fingerprint density at radius 2 is 2.06 bits per heavy atom. The van der Waals surface area contributed by atoms with Gasteiger partial charge in [0, 0.05) is 16.3 Å². The number of hydrogen-bond donors (Lipinski definition) is 2.